The molecule has 1 amide bonds. The maximum Gasteiger partial charge on any atom is 0.258 e. The predicted octanol–water partition coefficient (Wildman–Crippen LogP) is 2.93. The Balaban J connectivity index is 1.78. The number of thiophene rings is 1. The van der Waals surface area contributed by atoms with Gasteiger partial charge in [0.1, 0.15) is 5.75 Å². The van der Waals surface area contributed by atoms with E-state index in [0.29, 0.717) is 17.9 Å². The number of carbonyl (C=O) groups excluding carboxylic acids is 1. The molecular formula is C16H16N2O2S. The predicted molar refractivity (Wildman–Crippen MR) is 82.3 cm³/mol. The van der Waals surface area contributed by atoms with Gasteiger partial charge in [0.05, 0.1) is 18.2 Å². The number of amides is 1. The Morgan fingerprint density at radius 2 is 2.05 bits per heavy atom. The maximum absolute atomic E-state index is 11.7. The van der Waals surface area contributed by atoms with Crippen molar-refractivity contribution in [3.05, 3.63) is 51.2 Å². The van der Waals surface area contributed by atoms with Gasteiger partial charge in [-0.3, -0.25) is 4.79 Å². The molecule has 1 aromatic carbocycles. The Kier molecular flexibility index (Phi) is 4.96. The first kappa shape index (κ1) is 15.1. The summed E-state index contributed by atoms with van der Waals surface area (Å²) in [5, 5.41) is 11.5. The summed E-state index contributed by atoms with van der Waals surface area (Å²) in [5.74, 6) is 0.412. The number of rotatable bonds is 5. The molecule has 21 heavy (non-hydrogen) atoms. The Morgan fingerprint density at radius 1 is 1.33 bits per heavy atom. The minimum absolute atomic E-state index is 0.0325. The number of nitrogens with zero attached hydrogens (tertiary/aromatic N) is 1. The van der Waals surface area contributed by atoms with Crippen LogP contribution in [0.4, 0.5) is 0 Å². The molecule has 0 saturated carbocycles. The molecule has 0 spiro atoms. The topological polar surface area (TPSA) is 62.1 Å². The quantitative estimate of drug-likeness (QED) is 0.923. The average Bonchev–Trinajstić information content (AvgIpc) is 2.82. The number of aryl methyl sites for hydroxylation is 2. The molecule has 1 N–H and O–H groups in total. The van der Waals surface area contributed by atoms with E-state index in [1.807, 2.05) is 6.07 Å². The number of hydrogen-bond donors (Lipinski definition) is 1. The average molecular weight is 300 g/mol. The van der Waals surface area contributed by atoms with Gasteiger partial charge in [0.15, 0.2) is 6.61 Å². The molecule has 0 aliphatic heterocycles. The summed E-state index contributed by atoms with van der Waals surface area (Å²) in [4.78, 5) is 14.1. The van der Waals surface area contributed by atoms with E-state index < -0.39 is 0 Å². The van der Waals surface area contributed by atoms with Gasteiger partial charge < -0.3 is 10.1 Å². The van der Waals surface area contributed by atoms with Crippen molar-refractivity contribution in [2.75, 3.05) is 6.61 Å². The van der Waals surface area contributed by atoms with E-state index in [-0.39, 0.29) is 12.5 Å². The number of hydrogen-bond acceptors (Lipinski definition) is 4. The van der Waals surface area contributed by atoms with Crippen LogP contribution in [-0.4, -0.2) is 12.5 Å². The van der Waals surface area contributed by atoms with Crippen LogP contribution in [0.25, 0.3) is 0 Å². The molecule has 0 saturated heterocycles. The Morgan fingerprint density at radius 3 is 2.62 bits per heavy atom. The summed E-state index contributed by atoms with van der Waals surface area (Å²) in [6, 6.07) is 10.8. The van der Waals surface area contributed by atoms with E-state index in [1.165, 1.54) is 10.4 Å². The van der Waals surface area contributed by atoms with E-state index in [4.69, 9.17) is 10.00 Å². The Bertz CT molecular complexity index is 649. The van der Waals surface area contributed by atoms with E-state index >= 15 is 0 Å². The van der Waals surface area contributed by atoms with Crippen molar-refractivity contribution < 1.29 is 9.53 Å². The Hall–Kier alpha value is -2.32. The van der Waals surface area contributed by atoms with Crippen LogP contribution >= 0.6 is 11.3 Å². The summed E-state index contributed by atoms with van der Waals surface area (Å²) in [6.45, 7) is 4.62. The highest BCUT2D eigenvalue weighted by Crippen LogP contribution is 2.20. The van der Waals surface area contributed by atoms with Crippen molar-refractivity contribution in [3.63, 3.8) is 0 Å². The lowest BCUT2D eigenvalue weighted by atomic mass is 10.2. The molecule has 0 fully saturated rings. The Labute approximate surface area is 128 Å². The standard InChI is InChI=1S/C16H16N2O2S/c1-11-7-15(21-12(11)2)9-18-16(19)10-20-14-5-3-13(8-17)4-6-14/h3-7H,9-10H2,1-2H3,(H,18,19). The molecule has 5 heteroatoms. The van der Waals surface area contributed by atoms with Crippen molar-refractivity contribution >= 4 is 17.2 Å². The minimum Gasteiger partial charge on any atom is -0.484 e. The second-order valence-electron chi connectivity index (χ2n) is 4.65. The van der Waals surface area contributed by atoms with Gasteiger partial charge in [-0.15, -0.1) is 11.3 Å². The second-order valence-corrected chi connectivity index (χ2v) is 5.99. The molecule has 2 rings (SSSR count). The van der Waals surface area contributed by atoms with Crippen LogP contribution < -0.4 is 10.1 Å². The van der Waals surface area contributed by atoms with Crippen molar-refractivity contribution in [2.24, 2.45) is 0 Å². The van der Waals surface area contributed by atoms with E-state index in [9.17, 15) is 4.79 Å². The third-order valence-electron chi connectivity index (χ3n) is 3.03. The van der Waals surface area contributed by atoms with Gasteiger partial charge in [-0.1, -0.05) is 0 Å². The van der Waals surface area contributed by atoms with Crippen LogP contribution in [-0.2, 0) is 11.3 Å². The van der Waals surface area contributed by atoms with Crippen LogP contribution in [0.1, 0.15) is 20.9 Å². The number of benzene rings is 1. The van der Waals surface area contributed by atoms with E-state index in [1.54, 1.807) is 35.6 Å². The fourth-order valence-electron chi connectivity index (χ4n) is 1.75. The van der Waals surface area contributed by atoms with Crippen LogP contribution in [0.2, 0.25) is 0 Å². The number of ether oxygens (including phenoxy) is 1. The van der Waals surface area contributed by atoms with Gasteiger partial charge in [0, 0.05) is 9.75 Å². The van der Waals surface area contributed by atoms with Crippen LogP contribution in [0.5, 0.6) is 5.75 Å². The zero-order valence-corrected chi connectivity index (χ0v) is 12.8. The molecule has 0 aliphatic carbocycles. The molecule has 0 bridgehead atoms. The molecule has 4 nitrogen and oxygen atoms in total. The summed E-state index contributed by atoms with van der Waals surface area (Å²) < 4.78 is 5.37. The summed E-state index contributed by atoms with van der Waals surface area (Å²) >= 11 is 1.69. The molecule has 0 aliphatic rings. The van der Waals surface area contributed by atoms with Gasteiger partial charge in [-0.25, -0.2) is 0 Å². The normalized spacial score (nSPS) is 9.95. The van der Waals surface area contributed by atoms with Gasteiger partial charge in [-0.05, 0) is 49.7 Å². The SMILES string of the molecule is Cc1cc(CNC(=O)COc2ccc(C#N)cc2)sc1C. The lowest BCUT2D eigenvalue weighted by Gasteiger charge is -2.06. The largest absolute Gasteiger partial charge is 0.484 e. The molecule has 108 valence electrons. The highest BCUT2D eigenvalue weighted by molar-refractivity contribution is 7.12. The van der Waals surface area contributed by atoms with Gasteiger partial charge in [0.2, 0.25) is 0 Å². The van der Waals surface area contributed by atoms with Crippen LogP contribution in [0.15, 0.2) is 30.3 Å². The first-order valence-electron chi connectivity index (χ1n) is 6.54. The fraction of sp³-hybridized carbons (Fsp3) is 0.250. The van der Waals surface area contributed by atoms with Gasteiger partial charge in [0.25, 0.3) is 5.91 Å². The molecule has 1 aromatic heterocycles. The smallest absolute Gasteiger partial charge is 0.258 e. The number of carbonyl (C=O) groups is 1. The zero-order chi connectivity index (χ0) is 15.2. The number of nitrogens with one attached hydrogen (secondary N) is 1. The third-order valence-corrected chi connectivity index (χ3v) is 4.18. The first-order valence-corrected chi connectivity index (χ1v) is 7.35. The summed E-state index contributed by atoms with van der Waals surface area (Å²) in [5.41, 5.74) is 1.81. The van der Waals surface area contributed by atoms with Crippen molar-refractivity contribution in [1.29, 1.82) is 5.26 Å². The van der Waals surface area contributed by atoms with Crippen LogP contribution in [0.3, 0.4) is 0 Å². The highest BCUT2D eigenvalue weighted by atomic mass is 32.1. The maximum atomic E-state index is 11.7. The zero-order valence-electron chi connectivity index (χ0n) is 12.0. The van der Waals surface area contributed by atoms with Crippen molar-refractivity contribution in [3.8, 4) is 11.8 Å². The lowest BCUT2D eigenvalue weighted by molar-refractivity contribution is -0.123. The van der Waals surface area contributed by atoms with E-state index in [2.05, 4.69) is 25.2 Å². The van der Waals surface area contributed by atoms with Gasteiger partial charge in [-0.2, -0.15) is 5.26 Å². The molecule has 1 heterocycles. The molecule has 2 aromatic rings. The minimum atomic E-state index is -0.164. The number of nitriles is 1. The monoisotopic (exact) mass is 300 g/mol. The van der Waals surface area contributed by atoms with E-state index in [0.717, 1.165) is 4.88 Å². The summed E-state index contributed by atoms with van der Waals surface area (Å²) in [6.07, 6.45) is 0. The first-order chi connectivity index (χ1) is 10.1. The molecule has 0 unspecified atom stereocenters. The van der Waals surface area contributed by atoms with Crippen molar-refractivity contribution in [2.45, 2.75) is 20.4 Å². The second kappa shape index (κ2) is 6.91. The van der Waals surface area contributed by atoms with Crippen LogP contribution in [0, 0.1) is 25.2 Å². The highest BCUT2D eigenvalue weighted by Gasteiger charge is 2.05. The van der Waals surface area contributed by atoms with Gasteiger partial charge >= 0.3 is 0 Å². The molecule has 0 radical (unpaired) electrons. The lowest BCUT2D eigenvalue weighted by Crippen LogP contribution is -2.28. The molecule has 0 atom stereocenters. The summed E-state index contributed by atoms with van der Waals surface area (Å²) in [7, 11) is 0. The third kappa shape index (κ3) is 4.33. The fourth-order valence-corrected chi connectivity index (χ4v) is 2.74. The molecular weight excluding hydrogens is 284 g/mol. The van der Waals surface area contributed by atoms with Crippen molar-refractivity contribution in [1.82, 2.24) is 5.32 Å².